The van der Waals surface area contributed by atoms with Crippen molar-refractivity contribution in [2.75, 3.05) is 33.2 Å². The maximum atomic E-state index is 12.4. The van der Waals surface area contributed by atoms with E-state index in [1.807, 2.05) is 30.4 Å². The van der Waals surface area contributed by atoms with Crippen LogP contribution in [-0.2, 0) is 58.5 Å². The number of hydrogen-bond donors (Lipinski definition) is 8. The highest BCUT2D eigenvalue weighted by atomic mass is 16.5. The van der Waals surface area contributed by atoms with Crippen LogP contribution in [0.5, 0.6) is 23.0 Å². The molecular weight excluding hydrogens is 1090 g/mol. The summed E-state index contributed by atoms with van der Waals surface area (Å²) in [6, 6.07) is 26.4. The van der Waals surface area contributed by atoms with E-state index in [0.717, 1.165) is 125 Å². The molecule has 1 saturated carbocycles. The van der Waals surface area contributed by atoms with E-state index in [1.54, 1.807) is 24.3 Å². The summed E-state index contributed by atoms with van der Waals surface area (Å²) in [4.78, 5) is 0. The Morgan fingerprint density at radius 3 is 2.61 bits per heavy atom. The van der Waals surface area contributed by atoms with Crippen molar-refractivity contribution in [3.8, 4) is 34.8 Å². The monoisotopic (exact) mass is 1170 g/mol. The van der Waals surface area contributed by atoms with Crippen LogP contribution in [0.4, 0.5) is 0 Å². The van der Waals surface area contributed by atoms with E-state index in [0.29, 0.717) is 56.6 Å². The first kappa shape index (κ1) is 57.6. The molecule has 9 aliphatic rings. The fourth-order valence-corrected chi connectivity index (χ4v) is 16.4. The zero-order chi connectivity index (χ0) is 59.2. The molecule has 13 heteroatoms. The van der Waals surface area contributed by atoms with Crippen molar-refractivity contribution in [2.24, 2.45) is 23.7 Å². The van der Waals surface area contributed by atoms with Gasteiger partial charge in [0.15, 0.2) is 11.5 Å². The lowest BCUT2D eigenvalue weighted by Gasteiger charge is -2.62. The maximum Gasteiger partial charge on any atom is 0.168 e. The second kappa shape index (κ2) is 24.5. The summed E-state index contributed by atoms with van der Waals surface area (Å²) in [6.45, 7) is 1.40. The SMILES string of the molecule is OCCCOCNC1C=C2C#C[C@@H](CCc3ccc(O)c(Cc4cccc(O)c4)c3)CCC[C@H]3C[C@H](O)[C@@H]4C=Cc5c(c(CO)cc(O)c5OCc5cc([C@@]67c8c9cccc8CC[C@H]6C6(CCCCC6)OC[C@H]7C=C9)cc6cn(cc56)C(=C2CO3)N1)C4. The largest absolute Gasteiger partial charge is 0.508 e. The van der Waals surface area contributed by atoms with Crippen molar-refractivity contribution in [3.05, 3.63) is 182 Å². The minimum Gasteiger partial charge on any atom is -0.508 e. The molecule has 1 saturated heterocycles. The summed E-state index contributed by atoms with van der Waals surface area (Å²) in [5, 5.41) is 75.4. The number of rotatable bonds is 13. The first-order valence-electron chi connectivity index (χ1n) is 32.0. The van der Waals surface area contributed by atoms with Crippen LogP contribution in [0.3, 0.4) is 0 Å². The van der Waals surface area contributed by atoms with Gasteiger partial charge in [-0.05, 0) is 163 Å². The lowest BCUT2D eigenvalue weighted by Crippen LogP contribution is -2.63. The number of ether oxygens (including phenoxy) is 4. The van der Waals surface area contributed by atoms with Gasteiger partial charge in [0.05, 0.1) is 51.0 Å². The number of aliphatic hydroxyl groups excluding tert-OH is 3. The summed E-state index contributed by atoms with van der Waals surface area (Å²) in [6.07, 6.45) is 27.2. The smallest absolute Gasteiger partial charge is 0.168 e. The van der Waals surface area contributed by atoms with Gasteiger partial charge in [0, 0.05) is 88.4 Å². The maximum absolute atomic E-state index is 12.4. The molecule has 87 heavy (non-hydrogen) atoms. The van der Waals surface area contributed by atoms with Crippen molar-refractivity contribution >= 4 is 28.7 Å². The standard InChI is InChI=1S/C74H81N3O10/c78-28-7-29-84-45-75-69-37-51-18-16-46(14-15-47-17-24-65(81)53(30-47)31-48-9-4-12-59(80)32-48)8-5-13-60-38-66(82)52-20-23-61-62(35-52)55(41-79)36-67(83)71(61)86-42-56-34-58(33-54-39-77(40-63(54)56)72(76-69)64(51)44-85-60)74-57-22-19-49-10-6-11-50(70(49)74)21-25-68(74)73(87-43-57)26-2-1-3-27-73/h4,6,9-12,17,19-20,22-24,30,32-34,36-37,39-40,46,52,57,60,66,68-69,75-76,78-83H,1-3,5,7-8,13-15,21,25-29,31,35,38,41-45H2/t46-,52-,57-,60+,66+,68+,69?,74-/m1/s1. The number of fused-ring (bicyclic) bond motifs is 3. The van der Waals surface area contributed by atoms with Crippen LogP contribution in [0, 0.1) is 35.5 Å². The van der Waals surface area contributed by atoms with E-state index < -0.39 is 12.3 Å². The molecule has 0 radical (unpaired) electrons. The summed E-state index contributed by atoms with van der Waals surface area (Å²) in [7, 11) is 0. The van der Waals surface area contributed by atoms with Gasteiger partial charge in [-0.3, -0.25) is 5.32 Å². The number of hydrogen-bond acceptors (Lipinski definition) is 12. The Bertz CT molecular complexity index is 3780. The molecule has 6 aromatic rings. The number of aromatic nitrogens is 1. The van der Waals surface area contributed by atoms with Crippen LogP contribution in [0.15, 0.2) is 121 Å². The molecule has 8 N–H and O–H groups in total. The average Bonchev–Trinajstić information content (AvgIpc) is 1.04. The minimum atomic E-state index is -0.782. The molecule has 452 valence electrons. The van der Waals surface area contributed by atoms with Crippen molar-refractivity contribution in [3.63, 3.8) is 0 Å². The van der Waals surface area contributed by atoms with Gasteiger partial charge in [0.2, 0.25) is 0 Å². The van der Waals surface area contributed by atoms with Crippen LogP contribution in [-0.4, -0.2) is 92.3 Å². The van der Waals surface area contributed by atoms with Crippen LogP contribution in [0.2, 0.25) is 0 Å². The fourth-order valence-electron chi connectivity index (χ4n) is 16.4. The highest BCUT2D eigenvalue weighted by Crippen LogP contribution is 2.64. The van der Waals surface area contributed by atoms with Crippen LogP contribution >= 0.6 is 0 Å². The van der Waals surface area contributed by atoms with Crippen molar-refractivity contribution < 1.29 is 49.6 Å². The number of phenolic OH excluding ortho intramolecular Hbond substituents is 3. The molecular formula is C74H81N3O10. The Kier molecular flexibility index (Phi) is 16.2. The molecule has 4 aliphatic carbocycles. The van der Waals surface area contributed by atoms with E-state index in [-0.39, 0.29) is 91.2 Å². The zero-order valence-electron chi connectivity index (χ0n) is 49.6. The number of benzene rings is 5. The van der Waals surface area contributed by atoms with Crippen molar-refractivity contribution in [1.82, 2.24) is 15.2 Å². The van der Waals surface area contributed by atoms with Gasteiger partial charge in [0.25, 0.3) is 0 Å². The fraction of sp³-hybridized carbons (Fsp3) is 0.432. The Morgan fingerprint density at radius 1 is 0.839 bits per heavy atom. The Hall–Kier alpha value is -7.12. The third-order valence-electron chi connectivity index (χ3n) is 20.7. The van der Waals surface area contributed by atoms with Gasteiger partial charge >= 0.3 is 0 Å². The van der Waals surface area contributed by atoms with Gasteiger partial charge < -0.3 is 59.5 Å². The Labute approximate surface area is 510 Å². The van der Waals surface area contributed by atoms with Gasteiger partial charge in [-0.15, -0.1) is 0 Å². The first-order chi connectivity index (χ1) is 42.6. The van der Waals surface area contributed by atoms with Gasteiger partial charge in [-0.2, -0.15) is 0 Å². The van der Waals surface area contributed by atoms with Gasteiger partial charge in [0.1, 0.15) is 30.1 Å². The molecule has 1 spiro atoms. The minimum absolute atomic E-state index is 0.000150. The highest BCUT2D eigenvalue weighted by Gasteiger charge is 2.62. The number of nitrogens with zero attached hydrogens (tertiary/aromatic N) is 1. The molecule has 6 heterocycles. The van der Waals surface area contributed by atoms with E-state index >= 15 is 0 Å². The molecule has 0 amide bonds. The number of aromatic hydroxyl groups is 3. The lowest BCUT2D eigenvalue weighted by atomic mass is 9.46. The van der Waals surface area contributed by atoms with Gasteiger partial charge in [-0.25, -0.2) is 0 Å². The molecule has 15 rings (SSSR count). The highest BCUT2D eigenvalue weighted by molar-refractivity contribution is 5.89. The molecule has 5 aromatic carbocycles. The lowest BCUT2D eigenvalue weighted by molar-refractivity contribution is -0.182. The predicted molar refractivity (Wildman–Crippen MR) is 337 cm³/mol. The molecule has 13 nitrogen and oxygen atoms in total. The number of aliphatic hydroxyl groups is 3. The van der Waals surface area contributed by atoms with E-state index in [9.17, 15) is 30.6 Å². The molecule has 8 bridgehead atoms. The Morgan fingerprint density at radius 2 is 1.74 bits per heavy atom. The molecule has 5 aliphatic heterocycles. The zero-order valence-corrected chi connectivity index (χ0v) is 49.6. The third kappa shape index (κ3) is 11.0. The predicted octanol–water partition coefficient (Wildman–Crippen LogP) is 11.4. The Balaban J connectivity index is 0.920. The number of phenols is 3. The summed E-state index contributed by atoms with van der Waals surface area (Å²) in [5.74, 6) is 9.12. The van der Waals surface area contributed by atoms with E-state index in [1.165, 1.54) is 28.7 Å². The molecule has 1 aromatic heterocycles. The molecule has 2 fully saturated rings. The second-order valence-corrected chi connectivity index (χ2v) is 25.8. The topological polar surface area (TPSA) is 187 Å². The van der Waals surface area contributed by atoms with Crippen molar-refractivity contribution in [1.29, 1.82) is 0 Å². The van der Waals surface area contributed by atoms with E-state index in [2.05, 4.69) is 94.1 Å². The second-order valence-electron chi connectivity index (χ2n) is 25.8. The number of aryl methyl sites for hydroxylation is 2. The first-order valence-corrected chi connectivity index (χ1v) is 32.0. The summed E-state index contributed by atoms with van der Waals surface area (Å²) >= 11 is 0. The summed E-state index contributed by atoms with van der Waals surface area (Å²) in [5.41, 5.74) is 12.5. The van der Waals surface area contributed by atoms with Crippen LogP contribution < -0.4 is 15.4 Å². The number of dihydropyridines is 1. The molecule has 1 unspecified atom stereocenters. The van der Waals surface area contributed by atoms with Crippen LogP contribution in [0.1, 0.15) is 138 Å². The third-order valence-corrected chi connectivity index (χ3v) is 20.7. The molecule has 8 atom stereocenters. The number of nitrogens with one attached hydrogen (secondary N) is 2. The van der Waals surface area contributed by atoms with Crippen molar-refractivity contribution in [2.45, 2.75) is 145 Å². The quantitative estimate of drug-likeness (QED) is 0.0311. The van der Waals surface area contributed by atoms with Crippen LogP contribution in [0.25, 0.3) is 28.7 Å². The van der Waals surface area contributed by atoms with E-state index in [4.69, 9.17) is 18.9 Å². The average molecular weight is 1170 g/mol. The van der Waals surface area contributed by atoms with Gasteiger partial charge in [-0.1, -0.05) is 104 Å². The normalized spacial score (nSPS) is 26.1. The summed E-state index contributed by atoms with van der Waals surface area (Å²) < 4.78 is 29.7.